The molecule has 0 unspecified atom stereocenters. The SMILES string of the molecule is CC[C@H](C)[C@H](NC(=O)CNC(=O)CNC(=O)c1cc(SSc2cc(N(C=O)CC(=O)NCC(=O)N[C@H](C(N)=O)[C@@H](C)CC)cc3cccnc23)c2ncccc2c1)C(N)=O. The Labute approximate surface area is 353 Å². The van der Waals surface area contributed by atoms with Gasteiger partial charge in [-0.2, -0.15) is 0 Å². The Bertz CT molecular complexity index is 2260. The van der Waals surface area contributed by atoms with Crippen LogP contribution in [0.4, 0.5) is 5.69 Å². The minimum atomic E-state index is -0.897. The van der Waals surface area contributed by atoms with Gasteiger partial charge in [-0.15, -0.1) is 0 Å². The second kappa shape index (κ2) is 22.2. The van der Waals surface area contributed by atoms with Crippen LogP contribution < -0.4 is 43.0 Å². The Balaban J connectivity index is 1.45. The first-order chi connectivity index (χ1) is 28.6. The average molecular weight is 861 g/mol. The molecule has 9 N–H and O–H groups in total. The van der Waals surface area contributed by atoms with Crippen LogP contribution >= 0.6 is 21.6 Å². The summed E-state index contributed by atoms with van der Waals surface area (Å²) in [7, 11) is 2.55. The fourth-order valence-electron chi connectivity index (χ4n) is 5.81. The van der Waals surface area contributed by atoms with Gasteiger partial charge in [0, 0.05) is 44.2 Å². The van der Waals surface area contributed by atoms with E-state index in [1.54, 1.807) is 74.8 Å². The lowest BCUT2D eigenvalue weighted by Gasteiger charge is -2.21. The largest absolute Gasteiger partial charge is 0.368 e. The van der Waals surface area contributed by atoms with E-state index in [1.807, 2.05) is 13.8 Å². The topological polar surface area (TPSA) is 278 Å². The molecule has 0 radical (unpaired) electrons. The first kappa shape index (κ1) is 46.4. The van der Waals surface area contributed by atoms with Crippen molar-refractivity contribution in [3.05, 3.63) is 66.5 Å². The van der Waals surface area contributed by atoms with Gasteiger partial charge in [0.1, 0.15) is 18.6 Å². The number of hydrogen-bond acceptors (Lipinski definition) is 12. The normalized spacial score (nSPS) is 12.9. The van der Waals surface area contributed by atoms with Crippen LogP contribution in [0.5, 0.6) is 0 Å². The number of carbonyl (C=O) groups excluding carboxylic acids is 8. The summed E-state index contributed by atoms with van der Waals surface area (Å²) in [6.45, 7) is 5.54. The van der Waals surface area contributed by atoms with Crippen LogP contribution in [-0.4, -0.2) is 96.0 Å². The number of nitrogens with zero attached hydrogens (tertiary/aromatic N) is 3. The second-order valence-corrected chi connectivity index (χ2v) is 16.1. The molecule has 0 bridgehead atoms. The molecule has 0 saturated carbocycles. The third-order valence-electron chi connectivity index (χ3n) is 9.55. The summed E-state index contributed by atoms with van der Waals surface area (Å²) < 4.78 is 0. The number of hydrogen-bond donors (Lipinski definition) is 7. The quantitative estimate of drug-likeness (QED) is 0.0438. The molecule has 2 aromatic carbocycles. The van der Waals surface area contributed by atoms with Crippen molar-refractivity contribution in [3.8, 4) is 0 Å². The van der Waals surface area contributed by atoms with Gasteiger partial charge in [-0.25, -0.2) is 0 Å². The van der Waals surface area contributed by atoms with Crippen molar-refractivity contribution in [1.29, 1.82) is 0 Å². The van der Waals surface area contributed by atoms with Crippen molar-refractivity contribution in [1.82, 2.24) is 36.6 Å². The molecule has 4 atom stereocenters. The number of rotatable bonds is 22. The fraction of sp³-hybridized carbons (Fsp3) is 0.350. The van der Waals surface area contributed by atoms with Gasteiger partial charge in [-0.05, 0) is 48.2 Å². The molecular weight excluding hydrogens is 813 g/mol. The predicted octanol–water partition coefficient (Wildman–Crippen LogP) is 1.54. The number of anilines is 1. The number of benzene rings is 2. The van der Waals surface area contributed by atoms with Crippen molar-refractivity contribution in [3.63, 3.8) is 0 Å². The molecule has 318 valence electrons. The van der Waals surface area contributed by atoms with Gasteiger partial charge in [0.25, 0.3) is 5.91 Å². The number of nitrogens with two attached hydrogens (primary N) is 2. The smallest absolute Gasteiger partial charge is 0.251 e. The van der Waals surface area contributed by atoms with E-state index in [-0.39, 0.29) is 17.4 Å². The Morgan fingerprint density at radius 1 is 0.683 bits per heavy atom. The minimum absolute atomic E-state index is 0.200. The molecule has 4 aromatic rings. The van der Waals surface area contributed by atoms with E-state index >= 15 is 0 Å². The number of nitrogens with one attached hydrogen (secondary N) is 5. The van der Waals surface area contributed by atoms with E-state index < -0.39 is 79.6 Å². The number of carbonyl (C=O) groups is 8. The second-order valence-electron chi connectivity index (χ2n) is 13.9. The Hall–Kier alpha value is -6.28. The summed E-state index contributed by atoms with van der Waals surface area (Å²) in [5.74, 6) is -4.81. The van der Waals surface area contributed by atoms with Gasteiger partial charge < -0.3 is 43.0 Å². The lowest BCUT2D eigenvalue weighted by molar-refractivity contribution is -0.129. The molecule has 0 aliphatic heterocycles. The van der Waals surface area contributed by atoms with E-state index in [1.165, 1.54) is 26.5 Å². The summed E-state index contributed by atoms with van der Waals surface area (Å²) in [6.07, 6.45) is 4.92. The van der Waals surface area contributed by atoms with E-state index in [0.29, 0.717) is 56.5 Å². The van der Waals surface area contributed by atoms with Crippen molar-refractivity contribution >= 4 is 96.8 Å². The van der Waals surface area contributed by atoms with E-state index in [4.69, 9.17) is 11.5 Å². The molecule has 8 amide bonds. The Kier molecular flexibility index (Phi) is 17.2. The van der Waals surface area contributed by atoms with Gasteiger partial charge in [-0.3, -0.25) is 48.3 Å². The average Bonchev–Trinajstić information content (AvgIpc) is 3.24. The van der Waals surface area contributed by atoms with Crippen molar-refractivity contribution in [2.75, 3.05) is 31.1 Å². The maximum Gasteiger partial charge on any atom is 0.251 e. The van der Waals surface area contributed by atoms with Crippen molar-refractivity contribution in [2.24, 2.45) is 23.3 Å². The third kappa shape index (κ3) is 12.9. The van der Waals surface area contributed by atoms with Crippen LogP contribution in [-0.2, 0) is 33.6 Å². The highest BCUT2D eigenvalue weighted by Gasteiger charge is 2.25. The predicted molar refractivity (Wildman–Crippen MR) is 228 cm³/mol. The number of pyridine rings is 2. The molecule has 18 nitrogen and oxygen atoms in total. The van der Waals surface area contributed by atoms with Gasteiger partial charge in [-0.1, -0.05) is 74.3 Å². The standard InChI is InChI=1S/C40H48N10O8S2/c1-5-22(3)34(38(41)56)48-31(53)18-45-30(52)17-47-40(58)26-13-24-9-7-11-43-36(24)28(15-26)59-60-29-16-27(14-25-10-8-12-44-37(25)29)50(21-51)20-33(55)46-19-32(54)49-35(39(42)57)23(4)6-2/h7-16,21-23,34-35H,5-6,17-20H2,1-4H3,(H2,41,56)(H2,42,57)(H,45,52)(H,46,55)(H,47,58)(H,48,53)(H,49,54)/t22-,23-,34-,35-/m0/s1. The summed E-state index contributed by atoms with van der Waals surface area (Å²) >= 11 is 0. The highest BCUT2D eigenvalue weighted by atomic mass is 33.1. The zero-order valence-electron chi connectivity index (χ0n) is 33.5. The first-order valence-electron chi connectivity index (χ1n) is 19.0. The van der Waals surface area contributed by atoms with Crippen LogP contribution in [0, 0.1) is 11.8 Å². The molecule has 0 saturated heterocycles. The molecule has 2 heterocycles. The number of amides is 8. The maximum absolute atomic E-state index is 13.3. The van der Waals surface area contributed by atoms with Crippen LogP contribution in [0.15, 0.2) is 70.7 Å². The number of primary amides is 2. The molecule has 60 heavy (non-hydrogen) atoms. The Morgan fingerprint density at radius 2 is 1.17 bits per heavy atom. The Morgan fingerprint density at radius 3 is 1.67 bits per heavy atom. The zero-order chi connectivity index (χ0) is 43.9. The first-order valence-corrected chi connectivity index (χ1v) is 21.1. The molecule has 0 aliphatic rings. The lowest BCUT2D eigenvalue weighted by atomic mass is 9.98. The number of fused-ring (bicyclic) bond motifs is 2. The van der Waals surface area contributed by atoms with E-state index in [2.05, 4.69) is 36.6 Å². The monoisotopic (exact) mass is 860 g/mol. The van der Waals surface area contributed by atoms with Gasteiger partial charge in [0.2, 0.25) is 41.9 Å². The molecule has 20 heteroatoms. The lowest BCUT2D eigenvalue weighted by Crippen LogP contribution is -2.51. The number of aromatic nitrogens is 2. The summed E-state index contributed by atoms with van der Waals surface area (Å²) in [5, 5.41) is 13.8. The molecule has 0 fully saturated rings. The van der Waals surface area contributed by atoms with Crippen molar-refractivity contribution < 1.29 is 38.4 Å². The van der Waals surface area contributed by atoms with Gasteiger partial charge in [0.15, 0.2) is 0 Å². The van der Waals surface area contributed by atoms with Crippen molar-refractivity contribution in [2.45, 2.75) is 62.4 Å². The third-order valence-corrected chi connectivity index (χ3v) is 11.9. The molecule has 2 aromatic heterocycles. The summed E-state index contributed by atoms with van der Waals surface area (Å²) in [5.41, 5.74) is 12.6. The minimum Gasteiger partial charge on any atom is -0.368 e. The van der Waals surface area contributed by atoms with E-state index in [9.17, 15) is 38.4 Å². The highest BCUT2D eigenvalue weighted by Crippen LogP contribution is 2.44. The highest BCUT2D eigenvalue weighted by molar-refractivity contribution is 8.76. The molecule has 0 aliphatic carbocycles. The fourth-order valence-corrected chi connectivity index (χ4v) is 8.13. The van der Waals surface area contributed by atoms with Gasteiger partial charge in [0.05, 0.1) is 30.7 Å². The summed E-state index contributed by atoms with van der Waals surface area (Å²) in [4.78, 5) is 111. The van der Waals surface area contributed by atoms with Crippen LogP contribution in [0.3, 0.4) is 0 Å². The van der Waals surface area contributed by atoms with Crippen LogP contribution in [0.2, 0.25) is 0 Å². The van der Waals surface area contributed by atoms with Gasteiger partial charge >= 0.3 is 0 Å². The summed E-state index contributed by atoms with van der Waals surface area (Å²) in [6, 6.07) is 11.9. The maximum atomic E-state index is 13.3. The van der Waals surface area contributed by atoms with E-state index in [0.717, 1.165) is 0 Å². The molecule has 0 spiro atoms. The molecular formula is C40H48N10O8S2. The van der Waals surface area contributed by atoms with Crippen LogP contribution in [0.25, 0.3) is 21.8 Å². The molecule has 4 rings (SSSR count). The van der Waals surface area contributed by atoms with Crippen LogP contribution in [0.1, 0.15) is 50.9 Å². The zero-order valence-corrected chi connectivity index (χ0v) is 35.1.